The summed E-state index contributed by atoms with van der Waals surface area (Å²) in [6.45, 7) is 7.85. The molecule has 0 amide bonds. The van der Waals surface area contributed by atoms with Gasteiger partial charge in [0.05, 0.1) is 22.3 Å². The number of rotatable bonds is 7. The Morgan fingerprint density at radius 2 is 1.32 bits per heavy atom. The van der Waals surface area contributed by atoms with Gasteiger partial charge in [-0.3, -0.25) is 0 Å². The van der Waals surface area contributed by atoms with E-state index < -0.39 is 17.5 Å². The van der Waals surface area contributed by atoms with Crippen molar-refractivity contribution in [2.75, 3.05) is 0 Å². The predicted molar refractivity (Wildman–Crippen MR) is 148 cm³/mol. The third-order valence-electron chi connectivity index (χ3n) is 7.12. The molecule has 0 atom stereocenters. The first-order valence-corrected chi connectivity index (χ1v) is 13.8. The summed E-state index contributed by atoms with van der Waals surface area (Å²) in [6, 6.07) is 7.54. The number of carboxylic acids is 1. The van der Waals surface area contributed by atoms with Gasteiger partial charge in [0, 0.05) is 14.5 Å². The van der Waals surface area contributed by atoms with Crippen LogP contribution in [0.2, 0.25) is 0 Å². The van der Waals surface area contributed by atoms with Gasteiger partial charge in [-0.15, -0.1) is 0 Å². The van der Waals surface area contributed by atoms with Crippen LogP contribution in [0, 0.1) is 0 Å². The minimum Gasteiger partial charge on any atom is -0.507 e. The number of phenols is 2. The maximum atomic E-state index is 13.4. The van der Waals surface area contributed by atoms with Gasteiger partial charge < -0.3 is 20.1 Å². The summed E-state index contributed by atoms with van der Waals surface area (Å²) in [7, 11) is 0. The monoisotopic (exact) mass is 630 g/mol. The smallest absolute Gasteiger partial charge is 0.340 e. The normalized spacial score (nSPS) is 13.9. The molecule has 3 aromatic carbocycles. The largest absolute Gasteiger partial charge is 0.507 e. The summed E-state index contributed by atoms with van der Waals surface area (Å²) < 4.78 is 7.82. The van der Waals surface area contributed by atoms with Crippen LogP contribution >= 0.6 is 31.9 Å². The van der Waals surface area contributed by atoms with E-state index in [-0.39, 0.29) is 22.6 Å². The van der Waals surface area contributed by atoms with E-state index in [0.717, 1.165) is 31.2 Å². The Balaban J connectivity index is 2.26. The van der Waals surface area contributed by atoms with Gasteiger partial charge in [0.25, 0.3) is 0 Å². The lowest BCUT2D eigenvalue weighted by Crippen LogP contribution is -2.33. The lowest BCUT2D eigenvalue weighted by molar-refractivity contribution is 0.0234. The topological polar surface area (TPSA) is 104 Å². The number of cyclic esters (lactones) is 1. The number of hydrogen-bond acceptors (Lipinski definition) is 5. The molecule has 6 nitrogen and oxygen atoms in total. The number of benzene rings is 3. The fourth-order valence-electron chi connectivity index (χ4n) is 5.38. The first kappa shape index (κ1) is 27.2. The van der Waals surface area contributed by atoms with Crippen LogP contribution in [0.15, 0.2) is 39.3 Å². The lowest BCUT2D eigenvalue weighted by Gasteiger charge is -2.36. The summed E-state index contributed by atoms with van der Waals surface area (Å²) in [5.41, 5.74) is 2.61. The minimum absolute atomic E-state index is 0.0589. The van der Waals surface area contributed by atoms with Crippen LogP contribution in [0.5, 0.6) is 11.5 Å². The summed E-state index contributed by atoms with van der Waals surface area (Å²) in [4.78, 5) is 25.1. The standard InChI is InChI=1S/C29H28Br2O6/c1-5-14-12-21(32)23(17(7-3)25(14)30)29(24-18(8-4)26(31)15(6-2)13-22(24)33)20-10-9-16(27(34)35)11-19(20)28(36)37-29/h9-13,32-33H,5-8H2,1-4H3,(H,34,35). The Bertz CT molecular complexity index is 1380. The molecule has 0 saturated heterocycles. The number of aromatic carboxylic acids is 1. The molecule has 37 heavy (non-hydrogen) atoms. The van der Waals surface area contributed by atoms with Crippen molar-refractivity contribution in [3.63, 3.8) is 0 Å². The van der Waals surface area contributed by atoms with Crippen LogP contribution in [-0.2, 0) is 36.0 Å². The van der Waals surface area contributed by atoms with Gasteiger partial charge in [0.1, 0.15) is 11.5 Å². The number of fused-ring (bicyclic) bond motifs is 1. The van der Waals surface area contributed by atoms with E-state index in [4.69, 9.17) is 4.74 Å². The van der Waals surface area contributed by atoms with Crippen LogP contribution in [0.3, 0.4) is 0 Å². The maximum Gasteiger partial charge on any atom is 0.340 e. The molecule has 0 bridgehead atoms. The van der Waals surface area contributed by atoms with Crippen LogP contribution in [0.25, 0.3) is 0 Å². The van der Waals surface area contributed by atoms with Crippen molar-refractivity contribution in [3.8, 4) is 11.5 Å². The predicted octanol–water partition coefficient (Wildman–Crippen LogP) is 7.03. The van der Waals surface area contributed by atoms with E-state index >= 15 is 0 Å². The van der Waals surface area contributed by atoms with E-state index in [1.165, 1.54) is 12.1 Å². The third kappa shape index (κ3) is 4.05. The highest BCUT2D eigenvalue weighted by molar-refractivity contribution is 9.10. The Labute approximate surface area is 232 Å². The molecule has 0 saturated carbocycles. The molecule has 0 radical (unpaired) electrons. The molecule has 0 unspecified atom stereocenters. The number of carbonyl (C=O) groups excluding carboxylic acids is 1. The molecule has 4 rings (SSSR count). The molecule has 1 aliphatic rings. The lowest BCUT2D eigenvalue weighted by atomic mass is 9.73. The molecule has 1 aliphatic heterocycles. The molecule has 3 aromatic rings. The zero-order chi connectivity index (χ0) is 27.2. The highest BCUT2D eigenvalue weighted by Crippen LogP contribution is 2.56. The summed E-state index contributed by atoms with van der Waals surface area (Å²) in [5, 5.41) is 32.6. The first-order valence-electron chi connectivity index (χ1n) is 12.3. The van der Waals surface area contributed by atoms with Crippen molar-refractivity contribution in [2.24, 2.45) is 0 Å². The first-order chi connectivity index (χ1) is 17.6. The van der Waals surface area contributed by atoms with E-state index in [1.807, 2.05) is 27.7 Å². The minimum atomic E-state index is -1.71. The number of halogens is 2. The van der Waals surface area contributed by atoms with Gasteiger partial charge in [-0.25, -0.2) is 9.59 Å². The van der Waals surface area contributed by atoms with Crippen molar-refractivity contribution in [3.05, 3.63) is 89.3 Å². The number of carboxylic acid groups (broad SMARTS) is 1. The summed E-state index contributed by atoms with van der Waals surface area (Å²) in [5.74, 6) is -2.05. The fraction of sp³-hybridized carbons (Fsp3) is 0.310. The SMILES string of the molecule is CCc1cc(O)c(C2(c3c(O)cc(CC)c(Br)c3CC)OC(=O)c3cc(C(=O)O)ccc32)c(CC)c1Br. The van der Waals surface area contributed by atoms with E-state index in [1.54, 1.807) is 18.2 Å². The number of aromatic hydroxyl groups is 2. The molecular weight excluding hydrogens is 604 g/mol. The number of phenolic OH excluding ortho intramolecular Hbond substituents is 2. The molecule has 194 valence electrons. The Morgan fingerprint density at radius 1 is 0.838 bits per heavy atom. The van der Waals surface area contributed by atoms with Crippen molar-refractivity contribution in [1.82, 2.24) is 0 Å². The Kier molecular flexibility index (Phi) is 7.45. The molecule has 0 spiro atoms. The van der Waals surface area contributed by atoms with E-state index in [9.17, 15) is 24.9 Å². The summed E-state index contributed by atoms with van der Waals surface area (Å²) >= 11 is 7.41. The fourth-order valence-corrected chi connectivity index (χ4v) is 7.13. The second-order valence-corrected chi connectivity index (χ2v) is 10.6. The average Bonchev–Trinajstić information content (AvgIpc) is 3.17. The van der Waals surface area contributed by atoms with Crippen LogP contribution in [0.1, 0.15) is 87.4 Å². The highest BCUT2D eigenvalue weighted by atomic mass is 79.9. The van der Waals surface area contributed by atoms with Gasteiger partial charge in [0.2, 0.25) is 0 Å². The van der Waals surface area contributed by atoms with Crippen molar-refractivity contribution >= 4 is 43.8 Å². The molecule has 0 fully saturated rings. The molecule has 8 heteroatoms. The van der Waals surface area contributed by atoms with Crippen molar-refractivity contribution in [2.45, 2.75) is 59.0 Å². The van der Waals surface area contributed by atoms with Crippen LogP contribution in [-0.4, -0.2) is 27.3 Å². The van der Waals surface area contributed by atoms with E-state index in [0.29, 0.717) is 42.4 Å². The average molecular weight is 632 g/mol. The second kappa shape index (κ2) is 10.1. The number of esters is 1. The van der Waals surface area contributed by atoms with Gasteiger partial charge in [-0.05, 0) is 72.2 Å². The maximum absolute atomic E-state index is 13.4. The quantitative estimate of drug-likeness (QED) is 0.242. The number of hydrogen-bond donors (Lipinski definition) is 3. The van der Waals surface area contributed by atoms with Crippen LogP contribution < -0.4 is 0 Å². The Morgan fingerprint density at radius 3 is 1.73 bits per heavy atom. The highest BCUT2D eigenvalue weighted by Gasteiger charge is 2.54. The van der Waals surface area contributed by atoms with Crippen LogP contribution in [0.4, 0.5) is 0 Å². The molecule has 0 aromatic heterocycles. The van der Waals surface area contributed by atoms with Crippen molar-refractivity contribution < 1.29 is 29.6 Å². The number of ether oxygens (including phenoxy) is 1. The van der Waals surface area contributed by atoms with Gasteiger partial charge in [0.15, 0.2) is 5.60 Å². The number of carbonyl (C=O) groups is 2. The third-order valence-corrected chi connectivity index (χ3v) is 9.09. The zero-order valence-corrected chi connectivity index (χ0v) is 24.2. The van der Waals surface area contributed by atoms with Gasteiger partial charge >= 0.3 is 11.9 Å². The molecule has 0 aliphatic carbocycles. The van der Waals surface area contributed by atoms with Crippen molar-refractivity contribution in [1.29, 1.82) is 0 Å². The molecule has 1 heterocycles. The van der Waals surface area contributed by atoms with Gasteiger partial charge in [-0.1, -0.05) is 65.6 Å². The van der Waals surface area contributed by atoms with Gasteiger partial charge in [-0.2, -0.15) is 0 Å². The second-order valence-electron chi connectivity index (χ2n) is 9.00. The zero-order valence-electron chi connectivity index (χ0n) is 21.0. The number of aryl methyl sites for hydroxylation is 2. The Hall–Kier alpha value is -2.84. The summed E-state index contributed by atoms with van der Waals surface area (Å²) in [6.07, 6.45) is 2.31. The van der Waals surface area contributed by atoms with E-state index in [2.05, 4.69) is 31.9 Å². The molecule has 3 N–H and O–H groups in total. The molecular formula is C29H28Br2O6.